The zero-order valence-electron chi connectivity index (χ0n) is 17.7. The van der Waals surface area contributed by atoms with Gasteiger partial charge in [-0.1, -0.05) is 18.2 Å². The summed E-state index contributed by atoms with van der Waals surface area (Å²) >= 11 is 0. The molecule has 158 valence electrons. The lowest BCUT2D eigenvalue weighted by atomic mass is 10.3. The average molecular weight is 423 g/mol. The lowest BCUT2D eigenvalue weighted by Gasteiger charge is -2.22. The zero-order chi connectivity index (χ0) is 21.9. The molecule has 0 aliphatic heterocycles. The van der Waals surface area contributed by atoms with E-state index in [1.54, 1.807) is 25.0 Å². The van der Waals surface area contributed by atoms with Gasteiger partial charge in [-0.3, -0.25) is 9.13 Å². The molecule has 0 aromatic carbocycles. The lowest BCUT2D eigenvalue weighted by Crippen LogP contribution is -2.17. The summed E-state index contributed by atoms with van der Waals surface area (Å²) in [6.07, 6.45) is 10.6. The Kier molecular flexibility index (Phi) is 5.04. The van der Waals surface area contributed by atoms with E-state index in [9.17, 15) is 0 Å². The molecule has 0 atom stereocenters. The highest BCUT2D eigenvalue weighted by Gasteiger charge is 2.13. The molecule has 0 aliphatic rings. The summed E-state index contributed by atoms with van der Waals surface area (Å²) in [6.45, 7) is 0. The molecule has 5 aromatic rings. The summed E-state index contributed by atoms with van der Waals surface area (Å²) in [5.74, 6) is 4.69. The van der Waals surface area contributed by atoms with E-state index in [2.05, 4.69) is 9.97 Å². The maximum absolute atomic E-state index is 4.84. The van der Waals surface area contributed by atoms with Crippen LogP contribution in [0.15, 0.2) is 92.0 Å². The van der Waals surface area contributed by atoms with E-state index in [-0.39, 0.29) is 0 Å². The van der Waals surface area contributed by atoms with Crippen molar-refractivity contribution in [3.8, 4) is 11.6 Å². The predicted octanol–water partition coefficient (Wildman–Crippen LogP) is 3.78. The summed E-state index contributed by atoms with van der Waals surface area (Å²) in [6, 6.07) is 17.6. The summed E-state index contributed by atoms with van der Waals surface area (Å²) in [5, 5.41) is 0. The van der Waals surface area contributed by atoms with Gasteiger partial charge in [-0.2, -0.15) is 0 Å². The molecule has 0 N–H and O–H groups in total. The SMILES string of the molecule is CN(c1cccc(N(C)c2cccc(-n3ccnc3)n2)n1)c1cccc(-n2ccnc2)n1. The number of rotatable bonds is 6. The van der Waals surface area contributed by atoms with Crippen LogP contribution in [0.1, 0.15) is 0 Å². The van der Waals surface area contributed by atoms with Crippen molar-refractivity contribution in [1.29, 1.82) is 0 Å². The number of pyridine rings is 3. The molecule has 32 heavy (non-hydrogen) atoms. The smallest absolute Gasteiger partial charge is 0.140 e. The van der Waals surface area contributed by atoms with E-state index >= 15 is 0 Å². The molecule has 0 radical (unpaired) electrons. The maximum Gasteiger partial charge on any atom is 0.140 e. The van der Waals surface area contributed by atoms with Gasteiger partial charge in [-0.05, 0) is 36.4 Å². The van der Waals surface area contributed by atoms with Crippen molar-refractivity contribution in [3.63, 3.8) is 0 Å². The third-order valence-electron chi connectivity index (χ3n) is 5.07. The molecule has 0 amide bonds. The molecule has 0 fully saturated rings. The van der Waals surface area contributed by atoms with E-state index in [1.165, 1.54) is 0 Å². The van der Waals surface area contributed by atoms with Crippen LogP contribution in [0, 0.1) is 0 Å². The van der Waals surface area contributed by atoms with Gasteiger partial charge in [-0.25, -0.2) is 24.9 Å². The van der Waals surface area contributed by atoms with E-state index in [1.807, 2.05) is 100 Å². The monoisotopic (exact) mass is 423 g/mol. The fraction of sp³-hybridized carbons (Fsp3) is 0.0870. The van der Waals surface area contributed by atoms with Crippen LogP contribution in [0.25, 0.3) is 11.6 Å². The van der Waals surface area contributed by atoms with Gasteiger partial charge in [0.15, 0.2) is 0 Å². The molecule has 5 rings (SSSR count). The summed E-state index contributed by atoms with van der Waals surface area (Å²) in [7, 11) is 3.90. The van der Waals surface area contributed by atoms with E-state index in [4.69, 9.17) is 15.0 Å². The first-order chi connectivity index (χ1) is 15.7. The van der Waals surface area contributed by atoms with Crippen LogP contribution in [-0.4, -0.2) is 48.1 Å². The second-order valence-electron chi connectivity index (χ2n) is 7.12. The van der Waals surface area contributed by atoms with Crippen molar-refractivity contribution in [2.24, 2.45) is 0 Å². The number of imidazole rings is 2. The molecule has 5 heterocycles. The van der Waals surface area contributed by atoms with Crippen molar-refractivity contribution in [1.82, 2.24) is 34.1 Å². The topological polar surface area (TPSA) is 80.8 Å². The van der Waals surface area contributed by atoms with Gasteiger partial charge >= 0.3 is 0 Å². The highest BCUT2D eigenvalue weighted by atomic mass is 15.3. The number of aromatic nitrogens is 7. The Morgan fingerprint density at radius 3 is 1.38 bits per heavy atom. The molecule has 9 nitrogen and oxygen atoms in total. The Balaban J connectivity index is 1.42. The maximum atomic E-state index is 4.84. The number of anilines is 4. The second kappa shape index (κ2) is 8.31. The van der Waals surface area contributed by atoms with Gasteiger partial charge in [0.1, 0.15) is 47.6 Å². The summed E-state index contributed by atoms with van der Waals surface area (Å²) in [4.78, 5) is 26.4. The first kappa shape index (κ1) is 19.4. The lowest BCUT2D eigenvalue weighted by molar-refractivity contribution is 0.963. The van der Waals surface area contributed by atoms with Gasteiger partial charge in [0.25, 0.3) is 0 Å². The minimum atomic E-state index is 0.774. The van der Waals surface area contributed by atoms with Crippen molar-refractivity contribution in [3.05, 3.63) is 92.0 Å². The molecule has 0 saturated carbocycles. The standard InChI is InChI=1S/C23H21N9/c1-29(20-8-4-10-22(27-20)31-14-12-24-16-31)18-6-3-7-19(26-18)30(2)21-9-5-11-23(28-21)32-15-13-25-17-32/h3-17H,1-2H3. The van der Waals surface area contributed by atoms with Crippen molar-refractivity contribution in [2.45, 2.75) is 0 Å². The van der Waals surface area contributed by atoms with Gasteiger partial charge in [0, 0.05) is 38.9 Å². The molecule has 5 aromatic heterocycles. The Bertz CT molecular complexity index is 1210. The van der Waals surface area contributed by atoms with Gasteiger partial charge < -0.3 is 9.80 Å². The molecule has 0 aliphatic carbocycles. The molecular formula is C23H21N9. The zero-order valence-corrected chi connectivity index (χ0v) is 17.7. The van der Waals surface area contributed by atoms with Crippen molar-refractivity contribution >= 4 is 23.3 Å². The quantitative estimate of drug-likeness (QED) is 0.411. The Hall–Kier alpha value is -4.53. The fourth-order valence-electron chi connectivity index (χ4n) is 3.30. The number of hydrogen-bond acceptors (Lipinski definition) is 7. The molecule has 0 saturated heterocycles. The van der Waals surface area contributed by atoms with E-state index in [0.717, 1.165) is 34.9 Å². The summed E-state index contributed by atoms with van der Waals surface area (Å²) in [5.41, 5.74) is 0. The normalized spacial score (nSPS) is 10.8. The van der Waals surface area contributed by atoms with Crippen LogP contribution in [0.4, 0.5) is 23.3 Å². The van der Waals surface area contributed by atoms with Gasteiger partial charge in [0.2, 0.25) is 0 Å². The van der Waals surface area contributed by atoms with Crippen LogP contribution in [0.5, 0.6) is 0 Å². The molecule has 9 heteroatoms. The highest BCUT2D eigenvalue weighted by molar-refractivity contribution is 5.62. The van der Waals surface area contributed by atoms with Crippen LogP contribution in [0.2, 0.25) is 0 Å². The average Bonchev–Trinajstić information content (AvgIpc) is 3.58. The van der Waals surface area contributed by atoms with Crippen molar-refractivity contribution < 1.29 is 0 Å². The third kappa shape index (κ3) is 3.79. The molecule has 0 spiro atoms. The Morgan fingerprint density at radius 1 is 0.562 bits per heavy atom. The van der Waals surface area contributed by atoms with Gasteiger partial charge in [0.05, 0.1) is 0 Å². The fourth-order valence-corrected chi connectivity index (χ4v) is 3.30. The third-order valence-corrected chi connectivity index (χ3v) is 5.07. The largest absolute Gasteiger partial charge is 0.314 e. The summed E-state index contributed by atoms with van der Waals surface area (Å²) < 4.78 is 3.74. The molecule has 0 bridgehead atoms. The van der Waals surface area contributed by atoms with E-state index in [0.29, 0.717) is 0 Å². The van der Waals surface area contributed by atoms with Gasteiger partial charge in [-0.15, -0.1) is 0 Å². The van der Waals surface area contributed by atoms with Crippen LogP contribution in [-0.2, 0) is 0 Å². The molecular weight excluding hydrogens is 402 g/mol. The highest BCUT2D eigenvalue weighted by Crippen LogP contribution is 2.26. The number of hydrogen-bond donors (Lipinski definition) is 0. The van der Waals surface area contributed by atoms with Crippen LogP contribution < -0.4 is 9.80 Å². The Morgan fingerprint density at radius 2 is 0.969 bits per heavy atom. The second-order valence-corrected chi connectivity index (χ2v) is 7.12. The van der Waals surface area contributed by atoms with Crippen LogP contribution >= 0.6 is 0 Å². The first-order valence-electron chi connectivity index (χ1n) is 10.0. The predicted molar refractivity (Wildman–Crippen MR) is 123 cm³/mol. The number of nitrogens with zero attached hydrogens (tertiary/aromatic N) is 9. The molecule has 0 unspecified atom stereocenters. The first-order valence-corrected chi connectivity index (χ1v) is 10.0. The van der Waals surface area contributed by atoms with Crippen molar-refractivity contribution in [2.75, 3.05) is 23.9 Å². The van der Waals surface area contributed by atoms with E-state index < -0.39 is 0 Å². The minimum absolute atomic E-state index is 0.774. The van der Waals surface area contributed by atoms with Crippen LogP contribution in [0.3, 0.4) is 0 Å². The Labute approximate surface area is 185 Å². The minimum Gasteiger partial charge on any atom is -0.314 e.